The number of rotatable bonds is 8. The average Bonchev–Trinajstić information content (AvgIpc) is 2.80. The summed E-state index contributed by atoms with van der Waals surface area (Å²) in [6.45, 7) is 6.93. The monoisotopic (exact) mass is 487 g/mol. The third-order valence-electron chi connectivity index (χ3n) is 7.08. The van der Waals surface area contributed by atoms with Gasteiger partial charge in [-0.2, -0.15) is 0 Å². The van der Waals surface area contributed by atoms with Crippen molar-refractivity contribution in [2.45, 2.75) is 65.0 Å². The number of hydrogen-bond donors (Lipinski definition) is 2. The van der Waals surface area contributed by atoms with Crippen molar-refractivity contribution in [2.75, 3.05) is 39.1 Å². The Morgan fingerprint density at radius 2 is 1.79 bits per heavy atom. The van der Waals surface area contributed by atoms with Crippen molar-refractivity contribution in [1.82, 2.24) is 15.5 Å². The number of benzene rings is 1. The molecule has 2 N–H and O–H groups in total. The van der Waals surface area contributed by atoms with E-state index in [4.69, 9.17) is 11.6 Å². The summed E-state index contributed by atoms with van der Waals surface area (Å²) >= 11 is 6.50. The molecule has 2 aliphatic rings. The molecular weight excluding hydrogens is 450 g/mol. The molecule has 1 saturated carbocycles. The normalized spacial score (nSPS) is 20.9. The molecule has 186 valence electrons. The molecular formula is C26H38ClN5O2. The fraction of sp³-hybridized carbons (Fsp3) is 0.577. The maximum Gasteiger partial charge on any atom is 0.251 e. The molecule has 8 heteroatoms. The standard InChI is InChI=1S/C26H38ClN5O2/c1-7-32(20-10-8-19(9-11-20)31(5)6)23-14-18(27)13-21(17(23)3)26(34)29-15-22-24(33)12-16(2)30-25(22)28-4/h13-14,19-20,28H,7-12,15H2,1-6H3,(H,29,34). The average molecular weight is 488 g/mol. The number of hydrogen-bond acceptors (Lipinski definition) is 6. The van der Waals surface area contributed by atoms with Gasteiger partial charge in [0.05, 0.1) is 12.1 Å². The summed E-state index contributed by atoms with van der Waals surface area (Å²) in [6, 6.07) is 4.74. The molecule has 7 nitrogen and oxygen atoms in total. The van der Waals surface area contributed by atoms with Crippen LogP contribution in [0.2, 0.25) is 5.02 Å². The van der Waals surface area contributed by atoms with Crippen LogP contribution in [0, 0.1) is 6.92 Å². The Bertz CT molecular complexity index is 993. The van der Waals surface area contributed by atoms with Crippen molar-refractivity contribution in [1.29, 1.82) is 0 Å². The summed E-state index contributed by atoms with van der Waals surface area (Å²) in [5, 5.41) is 6.42. The molecule has 1 aliphatic heterocycles. The molecule has 0 aromatic heterocycles. The zero-order chi connectivity index (χ0) is 25.0. The van der Waals surface area contributed by atoms with Gasteiger partial charge in [0, 0.05) is 54.1 Å². The number of halogens is 1. The molecule has 3 rings (SSSR count). The van der Waals surface area contributed by atoms with Gasteiger partial charge in [-0.3, -0.25) is 9.59 Å². The van der Waals surface area contributed by atoms with Crippen molar-refractivity contribution in [3.8, 4) is 0 Å². The molecule has 0 radical (unpaired) electrons. The second-order valence-electron chi connectivity index (χ2n) is 9.52. The minimum absolute atomic E-state index is 0.0221. The van der Waals surface area contributed by atoms with Gasteiger partial charge in [-0.15, -0.1) is 0 Å². The molecule has 0 spiro atoms. The predicted octanol–water partition coefficient (Wildman–Crippen LogP) is 3.94. The van der Waals surface area contributed by atoms with Crippen molar-refractivity contribution in [3.05, 3.63) is 39.7 Å². The van der Waals surface area contributed by atoms with Crippen LogP contribution in [0.15, 0.2) is 28.5 Å². The minimum Gasteiger partial charge on any atom is -0.373 e. The smallest absolute Gasteiger partial charge is 0.251 e. The van der Waals surface area contributed by atoms with Crippen LogP contribution in [0.25, 0.3) is 0 Å². The number of carbonyl (C=O) groups is 2. The highest BCUT2D eigenvalue weighted by atomic mass is 35.5. The van der Waals surface area contributed by atoms with Crippen LogP contribution in [0.1, 0.15) is 61.9 Å². The quantitative estimate of drug-likeness (QED) is 0.580. The number of anilines is 1. The second kappa shape index (κ2) is 11.4. The summed E-state index contributed by atoms with van der Waals surface area (Å²) in [5.41, 5.74) is 3.72. The highest BCUT2D eigenvalue weighted by Crippen LogP contribution is 2.34. The highest BCUT2D eigenvalue weighted by Gasteiger charge is 2.28. The van der Waals surface area contributed by atoms with Gasteiger partial charge < -0.3 is 20.4 Å². The second-order valence-corrected chi connectivity index (χ2v) is 9.95. The third-order valence-corrected chi connectivity index (χ3v) is 7.30. The fourth-order valence-corrected chi connectivity index (χ4v) is 5.34. The van der Waals surface area contributed by atoms with Crippen LogP contribution in [-0.4, -0.2) is 68.6 Å². The van der Waals surface area contributed by atoms with Gasteiger partial charge in [0.1, 0.15) is 5.82 Å². The lowest BCUT2D eigenvalue weighted by atomic mass is 9.89. The Balaban J connectivity index is 1.80. The summed E-state index contributed by atoms with van der Waals surface area (Å²) in [4.78, 5) is 34.8. The predicted molar refractivity (Wildman–Crippen MR) is 140 cm³/mol. The SMILES string of the molecule is CCN(c1cc(Cl)cc(C(=O)NCC2=C(NC)N=C(C)CC2=O)c1C)C1CCC(N(C)C)CC1. The van der Waals surface area contributed by atoms with Gasteiger partial charge in [-0.05, 0) is 78.2 Å². The van der Waals surface area contributed by atoms with Gasteiger partial charge in [0.2, 0.25) is 0 Å². The number of ketones is 1. The lowest BCUT2D eigenvalue weighted by Crippen LogP contribution is -2.42. The largest absolute Gasteiger partial charge is 0.373 e. The molecule has 1 aromatic carbocycles. The van der Waals surface area contributed by atoms with Gasteiger partial charge in [0.15, 0.2) is 5.78 Å². The fourth-order valence-electron chi connectivity index (χ4n) is 5.13. The summed E-state index contributed by atoms with van der Waals surface area (Å²) in [6.07, 6.45) is 4.85. The first kappa shape index (κ1) is 26.2. The lowest BCUT2D eigenvalue weighted by molar-refractivity contribution is -0.114. The minimum atomic E-state index is -0.240. The van der Waals surface area contributed by atoms with E-state index in [0.717, 1.165) is 36.3 Å². The molecule has 1 aliphatic carbocycles. The molecule has 0 saturated heterocycles. The molecule has 1 fully saturated rings. The Labute approximate surface area is 208 Å². The number of amides is 1. The van der Waals surface area contributed by atoms with Crippen LogP contribution < -0.4 is 15.5 Å². The molecule has 1 aromatic rings. The first-order valence-electron chi connectivity index (χ1n) is 12.2. The van der Waals surface area contributed by atoms with Crippen LogP contribution in [0.4, 0.5) is 5.69 Å². The van der Waals surface area contributed by atoms with E-state index in [2.05, 4.69) is 46.4 Å². The molecule has 0 bridgehead atoms. The van der Waals surface area contributed by atoms with E-state index in [9.17, 15) is 9.59 Å². The maximum atomic E-state index is 13.2. The van der Waals surface area contributed by atoms with Gasteiger partial charge in [-0.1, -0.05) is 11.6 Å². The van der Waals surface area contributed by atoms with E-state index < -0.39 is 0 Å². The van der Waals surface area contributed by atoms with Crippen molar-refractivity contribution in [3.63, 3.8) is 0 Å². The molecule has 34 heavy (non-hydrogen) atoms. The zero-order valence-corrected chi connectivity index (χ0v) is 22.1. The Morgan fingerprint density at radius 3 is 2.38 bits per heavy atom. The first-order valence-corrected chi connectivity index (χ1v) is 12.5. The van der Waals surface area contributed by atoms with Gasteiger partial charge in [-0.25, -0.2) is 4.99 Å². The van der Waals surface area contributed by atoms with Crippen LogP contribution >= 0.6 is 11.6 Å². The Morgan fingerprint density at radius 1 is 1.15 bits per heavy atom. The first-order chi connectivity index (χ1) is 16.2. The van der Waals surface area contributed by atoms with Gasteiger partial charge in [0.25, 0.3) is 5.91 Å². The van der Waals surface area contributed by atoms with E-state index in [1.54, 1.807) is 13.1 Å². The van der Waals surface area contributed by atoms with Gasteiger partial charge >= 0.3 is 0 Å². The van der Waals surface area contributed by atoms with Crippen molar-refractivity contribution in [2.24, 2.45) is 4.99 Å². The maximum absolute atomic E-state index is 13.2. The highest BCUT2D eigenvalue weighted by molar-refractivity contribution is 6.31. The van der Waals surface area contributed by atoms with E-state index >= 15 is 0 Å². The number of carbonyl (C=O) groups excluding carboxylic acids is 2. The molecule has 1 amide bonds. The van der Waals surface area contributed by atoms with E-state index in [0.29, 0.717) is 34.1 Å². The van der Waals surface area contributed by atoms with E-state index in [-0.39, 0.29) is 24.7 Å². The summed E-state index contributed by atoms with van der Waals surface area (Å²) < 4.78 is 0. The Hall–Kier alpha value is -2.38. The molecule has 0 unspecified atom stereocenters. The number of nitrogens with one attached hydrogen (secondary N) is 2. The number of aliphatic imine (C=N–C) groups is 1. The third kappa shape index (κ3) is 5.81. The van der Waals surface area contributed by atoms with Crippen LogP contribution in [0.3, 0.4) is 0 Å². The molecule has 0 atom stereocenters. The van der Waals surface area contributed by atoms with Crippen molar-refractivity contribution < 1.29 is 9.59 Å². The zero-order valence-electron chi connectivity index (χ0n) is 21.3. The van der Waals surface area contributed by atoms with E-state index in [1.165, 1.54) is 12.8 Å². The topological polar surface area (TPSA) is 77.0 Å². The Kier molecular flexibility index (Phi) is 8.77. The number of Topliss-reactive ketones (excluding diaryl/α,β-unsaturated/α-hetero) is 1. The van der Waals surface area contributed by atoms with Crippen LogP contribution in [0.5, 0.6) is 0 Å². The molecule has 1 heterocycles. The number of nitrogens with zero attached hydrogens (tertiary/aromatic N) is 3. The summed E-state index contributed by atoms with van der Waals surface area (Å²) in [7, 11) is 6.03. The lowest BCUT2D eigenvalue weighted by Gasteiger charge is -2.40. The van der Waals surface area contributed by atoms with Crippen molar-refractivity contribution >= 4 is 34.7 Å². The van der Waals surface area contributed by atoms with E-state index in [1.807, 2.05) is 19.9 Å². The van der Waals surface area contributed by atoms with Crippen LogP contribution in [-0.2, 0) is 4.79 Å². The summed E-state index contributed by atoms with van der Waals surface area (Å²) in [5.74, 6) is 0.254.